The summed E-state index contributed by atoms with van der Waals surface area (Å²) in [5, 5.41) is 0.592. The quantitative estimate of drug-likeness (QED) is 0.846. The van der Waals surface area contributed by atoms with E-state index in [-0.39, 0.29) is 24.3 Å². The highest BCUT2D eigenvalue weighted by Crippen LogP contribution is 2.37. The van der Waals surface area contributed by atoms with Crippen LogP contribution in [0.25, 0.3) is 10.9 Å². The van der Waals surface area contributed by atoms with Gasteiger partial charge in [0, 0.05) is 5.39 Å². The molecule has 0 saturated heterocycles. The van der Waals surface area contributed by atoms with Crippen molar-refractivity contribution in [2.45, 2.75) is 19.3 Å². The first-order valence-electron chi connectivity index (χ1n) is 6.64. The van der Waals surface area contributed by atoms with E-state index in [2.05, 4.69) is 4.98 Å². The number of hydrogen-bond donors (Lipinski definition) is 1. The highest BCUT2D eigenvalue weighted by Gasteiger charge is 2.37. The van der Waals surface area contributed by atoms with Gasteiger partial charge in [0.2, 0.25) is 0 Å². The smallest absolute Gasteiger partial charge is 0.314 e. The molecule has 21 heavy (non-hydrogen) atoms. The largest absolute Gasteiger partial charge is 0.466 e. The molecule has 6 heteroatoms. The first kappa shape index (κ1) is 13.4. The Balaban J connectivity index is 2.26. The molecule has 1 aliphatic rings. The van der Waals surface area contributed by atoms with Gasteiger partial charge in [0.05, 0.1) is 24.1 Å². The van der Waals surface area contributed by atoms with E-state index in [0.717, 1.165) is 0 Å². The molecule has 2 aromatic rings. The van der Waals surface area contributed by atoms with E-state index in [0.29, 0.717) is 10.9 Å². The highest BCUT2D eigenvalue weighted by atomic mass is 16.5. The Labute approximate surface area is 119 Å². The van der Waals surface area contributed by atoms with Gasteiger partial charge in [0.15, 0.2) is 0 Å². The fourth-order valence-corrected chi connectivity index (χ4v) is 2.52. The van der Waals surface area contributed by atoms with Gasteiger partial charge in [-0.05, 0) is 19.1 Å². The van der Waals surface area contributed by atoms with Gasteiger partial charge in [-0.25, -0.2) is 0 Å². The van der Waals surface area contributed by atoms with Crippen molar-refractivity contribution in [3.63, 3.8) is 0 Å². The number of ether oxygens (including phenoxy) is 2. The van der Waals surface area contributed by atoms with Gasteiger partial charge in [-0.2, -0.15) is 0 Å². The van der Waals surface area contributed by atoms with E-state index in [4.69, 9.17) is 9.47 Å². The molecule has 1 aromatic carbocycles. The van der Waals surface area contributed by atoms with Crippen LogP contribution in [0.15, 0.2) is 29.1 Å². The summed E-state index contributed by atoms with van der Waals surface area (Å²) >= 11 is 0. The SMILES string of the molecule is CCOC(=O)C1CC(=O)Oc2c1c(=O)[nH]c1ccccc21. The third-order valence-electron chi connectivity index (χ3n) is 3.42. The summed E-state index contributed by atoms with van der Waals surface area (Å²) in [7, 11) is 0. The Morgan fingerprint density at radius 3 is 2.90 bits per heavy atom. The van der Waals surface area contributed by atoms with Gasteiger partial charge in [0.25, 0.3) is 5.56 Å². The Morgan fingerprint density at radius 1 is 1.38 bits per heavy atom. The number of aromatic amines is 1. The van der Waals surface area contributed by atoms with Gasteiger partial charge >= 0.3 is 11.9 Å². The molecule has 3 rings (SSSR count). The molecule has 0 radical (unpaired) electrons. The molecule has 2 heterocycles. The van der Waals surface area contributed by atoms with Gasteiger partial charge in [-0.3, -0.25) is 14.4 Å². The van der Waals surface area contributed by atoms with Crippen LogP contribution < -0.4 is 10.3 Å². The van der Waals surface area contributed by atoms with E-state index in [9.17, 15) is 14.4 Å². The van der Waals surface area contributed by atoms with Crippen LogP contribution in [0.1, 0.15) is 24.8 Å². The number of para-hydroxylation sites is 1. The number of aromatic nitrogens is 1. The molecular weight excluding hydrogens is 274 g/mol. The summed E-state index contributed by atoms with van der Waals surface area (Å²) in [5.41, 5.74) is 0.277. The van der Waals surface area contributed by atoms with E-state index < -0.39 is 23.4 Å². The first-order chi connectivity index (χ1) is 10.1. The summed E-state index contributed by atoms with van der Waals surface area (Å²) in [6, 6.07) is 6.96. The first-order valence-corrected chi connectivity index (χ1v) is 6.64. The number of H-pyrrole nitrogens is 1. The Kier molecular flexibility index (Phi) is 3.21. The lowest BCUT2D eigenvalue weighted by Gasteiger charge is -2.23. The molecule has 0 amide bonds. The van der Waals surface area contributed by atoms with E-state index >= 15 is 0 Å². The fourth-order valence-electron chi connectivity index (χ4n) is 2.52. The molecule has 1 aliphatic heterocycles. The topological polar surface area (TPSA) is 85.5 Å². The van der Waals surface area contributed by atoms with Crippen molar-refractivity contribution in [2.24, 2.45) is 0 Å². The van der Waals surface area contributed by atoms with Gasteiger partial charge < -0.3 is 14.5 Å². The molecular formula is C15H13NO5. The maximum Gasteiger partial charge on any atom is 0.314 e. The standard InChI is InChI=1S/C15H13NO5/c1-2-20-15(19)9-7-11(17)21-13-8-5-3-4-6-10(8)16-14(18)12(9)13/h3-6,9H,2,7H2,1H3,(H,16,18). The van der Waals surface area contributed by atoms with Crippen LogP contribution in [-0.4, -0.2) is 23.5 Å². The van der Waals surface area contributed by atoms with Crippen molar-refractivity contribution < 1.29 is 19.1 Å². The van der Waals surface area contributed by atoms with Crippen LogP contribution in [0.3, 0.4) is 0 Å². The zero-order valence-corrected chi connectivity index (χ0v) is 11.3. The zero-order valence-electron chi connectivity index (χ0n) is 11.3. The number of nitrogens with one attached hydrogen (secondary N) is 1. The molecule has 0 bridgehead atoms. The summed E-state index contributed by atoms with van der Waals surface area (Å²) in [4.78, 5) is 38.7. The molecule has 0 saturated carbocycles. The predicted molar refractivity (Wildman–Crippen MR) is 74.2 cm³/mol. The Bertz CT molecular complexity index is 792. The predicted octanol–water partition coefficient (Wildman–Crippen LogP) is 1.48. The molecule has 1 atom stereocenters. The van der Waals surface area contributed by atoms with Crippen LogP contribution in [0.5, 0.6) is 5.75 Å². The van der Waals surface area contributed by atoms with Crippen molar-refractivity contribution in [1.29, 1.82) is 0 Å². The molecule has 6 nitrogen and oxygen atoms in total. The molecule has 1 aromatic heterocycles. The third kappa shape index (κ3) is 2.18. The van der Waals surface area contributed by atoms with Crippen LogP contribution in [0.2, 0.25) is 0 Å². The summed E-state index contributed by atoms with van der Waals surface area (Å²) in [6.07, 6.45) is -0.187. The number of hydrogen-bond acceptors (Lipinski definition) is 5. The van der Waals surface area contributed by atoms with Crippen molar-refractivity contribution in [2.75, 3.05) is 6.61 Å². The van der Waals surface area contributed by atoms with E-state index in [1.54, 1.807) is 31.2 Å². The number of benzene rings is 1. The lowest BCUT2D eigenvalue weighted by Crippen LogP contribution is -2.32. The second kappa shape index (κ2) is 5.05. The van der Waals surface area contributed by atoms with Crippen LogP contribution in [-0.2, 0) is 14.3 Å². The lowest BCUT2D eigenvalue weighted by atomic mass is 9.92. The number of esters is 2. The average Bonchev–Trinajstić information content (AvgIpc) is 2.46. The molecule has 108 valence electrons. The number of carbonyl (C=O) groups excluding carboxylic acids is 2. The van der Waals surface area contributed by atoms with Gasteiger partial charge in [-0.15, -0.1) is 0 Å². The summed E-state index contributed by atoms with van der Waals surface area (Å²) in [5.74, 6) is -1.90. The average molecular weight is 287 g/mol. The van der Waals surface area contributed by atoms with Crippen molar-refractivity contribution in [3.8, 4) is 5.75 Å². The molecule has 1 unspecified atom stereocenters. The number of pyridine rings is 1. The number of carbonyl (C=O) groups is 2. The van der Waals surface area contributed by atoms with E-state index in [1.165, 1.54) is 0 Å². The van der Waals surface area contributed by atoms with Crippen LogP contribution >= 0.6 is 0 Å². The normalized spacial score (nSPS) is 17.2. The Morgan fingerprint density at radius 2 is 2.14 bits per heavy atom. The van der Waals surface area contributed by atoms with Crippen molar-refractivity contribution >= 4 is 22.8 Å². The second-order valence-corrected chi connectivity index (χ2v) is 4.73. The van der Waals surface area contributed by atoms with Crippen LogP contribution in [0, 0.1) is 0 Å². The third-order valence-corrected chi connectivity index (χ3v) is 3.42. The van der Waals surface area contributed by atoms with Crippen molar-refractivity contribution in [1.82, 2.24) is 4.98 Å². The zero-order chi connectivity index (χ0) is 15.0. The number of fused-ring (bicyclic) bond motifs is 3. The number of rotatable bonds is 2. The highest BCUT2D eigenvalue weighted by molar-refractivity contribution is 5.95. The fraction of sp³-hybridized carbons (Fsp3) is 0.267. The maximum atomic E-state index is 12.2. The van der Waals surface area contributed by atoms with Crippen molar-refractivity contribution in [3.05, 3.63) is 40.2 Å². The molecule has 0 fully saturated rings. The molecule has 0 aliphatic carbocycles. The monoisotopic (exact) mass is 287 g/mol. The summed E-state index contributed by atoms with van der Waals surface area (Å²) < 4.78 is 10.2. The van der Waals surface area contributed by atoms with Gasteiger partial charge in [-0.1, -0.05) is 12.1 Å². The maximum absolute atomic E-state index is 12.2. The van der Waals surface area contributed by atoms with Crippen LogP contribution in [0.4, 0.5) is 0 Å². The molecule has 1 N–H and O–H groups in total. The minimum absolute atomic E-state index is 0.156. The summed E-state index contributed by atoms with van der Waals surface area (Å²) in [6.45, 7) is 1.86. The molecule has 0 spiro atoms. The van der Waals surface area contributed by atoms with Gasteiger partial charge in [0.1, 0.15) is 11.7 Å². The Hall–Kier alpha value is -2.63. The second-order valence-electron chi connectivity index (χ2n) is 4.73. The minimum Gasteiger partial charge on any atom is -0.466 e. The lowest BCUT2D eigenvalue weighted by molar-refractivity contribution is -0.149. The van der Waals surface area contributed by atoms with E-state index in [1.807, 2.05) is 0 Å². The minimum atomic E-state index is -0.922.